The second-order valence-electron chi connectivity index (χ2n) is 5.21. The SMILES string of the molecule is COCCCC(=O)NC1CCCCCCC1C(=O)O. The first-order valence-corrected chi connectivity index (χ1v) is 7.16. The Morgan fingerprint density at radius 3 is 2.53 bits per heavy atom. The lowest BCUT2D eigenvalue weighted by Gasteiger charge is -2.27. The van der Waals surface area contributed by atoms with Crippen LogP contribution in [0.25, 0.3) is 0 Å². The van der Waals surface area contributed by atoms with E-state index in [4.69, 9.17) is 4.74 Å². The number of methoxy groups -OCH3 is 1. The number of amides is 1. The van der Waals surface area contributed by atoms with E-state index in [1.54, 1.807) is 7.11 Å². The number of hydrogen-bond acceptors (Lipinski definition) is 3. The van der Waals surface area contributed by atoms with Gasteiger partial charge in [-0.1, -0.05) is 25.7 Å². The van der Waals surface area contributed by atoms with Crippen LogP contribution in [-0.2, 0) is 14.3 Å². The largest absolute Gasteiger partial charge is 0.481 e. The third-order valence-electron chi connectivity index (χ3n) is 3.68. The fourth-order valence-corrected chi connectivity index (χ4v) is 2.61. The molecule has 110 valence electrons. The molecule has 1 saturated carbocycles. The molecule has 1 aliphatic rings. The lowest BCUT2D eigenvalue weighted by atomic mass is 9.86. The Kier molecular flexibility index (Phi) is 7.48. The van der Waals surface area contributed by atoms with Crippen molar-refractivity contribution in [1.29, 1.82) is 0 Å². The molecule has 1 fully saturated rings. The van der Waals surface area contributed by atoms with Crippen molar-refractivity contribution in [3.63, 3.8) is 0 Å². The standard InChI is InChI=1S/C14H25NO4/c1-19-10-6-9-13(16)15-12-8-5-3-2-4-7-11(12)14(17)18/h11-12H,2-10H2,1H3,(H,15,16)(H,17,18). The number of carboxylic acid groups (broad SMARTS) is 1. The highest BCUT2D eigenvalue weighted by molar-refractivity contribution is 5.78. The van der Waals surface area contributed by atoms with E-state index in [1.165, 1.54) is 0 Å². The topological polar surface area (TPSA) is 75.6 Å². The summed E-state index contributed by atoms with van der Waals surface area (Å²) in [5, 5.41) is 12.2. The van der Waals surface area contributed by atoms with Crippen molar-refractivity contribution in [3.05, 3.63) is 0 Å². The predicted molar refractivity (Wildman–Crippen MR) is 71.9 cm³/mol. The highest BCUT2D eigenvalue weighted by Gasteiger charge is 2.29. The number of aliphatic carboxylic acids is 1. The van der Waals surface area contributed by atoms with Crippen LogP contribution >= 0.6 is 0 Å². The number of carbonyl (C=O) groups is 2. The Hall–Kier alpha value is -1.10. The van der Waals surface area contributed by atoms with Crippen molar-refractivity contribution >= 4 is 11.9 Å². The number of ether oxygens (including phenoxy) is 1. The Morgan fingerprint density at radius 1 is 1.21 bits per heavy atom. The van der Waals surface area contributed by atoms with Crippen LogP contribution in [0, 0.1) is 5.92 Å². The van der Waals surface area contributed by atoms with Gasteiger partial charge in [0.1, 0.15) is 0 Å². The van der Waals surface area contributed by atoms with Gasteiger partial charge in [0, 0.05) is 26.2 Å². The molecule has 2 unspecified atom stereocenters. The molecular weight excluding hydrogens is 246 g/mol. The minimum Gasteiger partial charge on any atom is -0.481 e. The molecule has 1 aliphatic carbocycles. The summed E-state index contributed by atoms with van der Waals surface area (Å²) in [5.74, 6) is -1.29. The second kappa shape index (κ2) is 8.91. The zero-order valence-corrected chi connectivity index (χ0v) is 11.7. The maximum atomic E-state index is 11.8. The van der Waals surface area contributed by atoms with Crippen LogP contribution in [0.15, 0.2) is 0 Å². The van der Waals surface area contributed by atoms with Gasteiger partial charge < -0.3 is 15.2 Å². The van der Waals surface area contributed by atoms with Crippen LogP contribution in [0.3, 0.4) is 0 Å². The highest BCUT2D eigenvalue weighted by Crippen LogP contribution is 2.23. The molecule has 0 heterocycles. The maximum absolute atomic E-state index is 11.8. The Balaban J connectivity index is 2.48. The van der Waals surface area contributed by atoms with Gasteiger partial charge in [0.25, 0.3) is 0 Å². The molecule has 0 aliphatic heterocycles. The quantitative estimate of drug-likeness (QED) is 0.724. The molecular formula is C14H25NO4. The van der Waals surface area contributed by atoms with E-state index in [1.807, 2.05) is 0 Å². The molecule has 2 N–H and O–H groups in total. The molecule has 1 amide bonds. The van der Waals surface area contributed by atoms with Crippen molar-refractivity contribution in [2.24, 2.45) is 5.92 Å². The Bertz CT molecular complexity index is 293. The molecule has 5 heteroatoms. The monoisotopic (exact) mass is 271 g/mol. The van der Waals surface area contributed by atoms with Gasteiger partial charge in [0.15, 0.2) is 0 Å². The first-order chi connectivity index (χ1) is 9.15. The summed E-state index contributed by atoms with van der Waals surface area (Å²) in [7, 11) is 1.60. The number of rotatable bonds is 6. The zero-order chi connectivity index (χ0) is 14.1. The van der Waals surface area contributed by atoms with Gasteiger partial charge in [-0.05, 0) is 19.3 Å². The zero-order valence-electron chi connectivity index (χ0n) is 11.7. The van der Waals surface area contributed by atoms with Gasteiger partial charge in [0.05, 0.1) is 5.92 Å². The number of carboxylic acids is 1. The van der Waals surface area contributed by atoms with Gasteiger partial charge in [-0.25, -0.2) is 0 Å². The summed E-state index contributed by atoms with van der Waals surface area (Å²) in [6.45, 7) is 0.556. The number of carbonyl (C=O) groups excluding carboxylic acids is 1. The third kappa shape index (κ3) is 6.05. The fourth-order valence-electron chi connectivity index (χ4n) is 2.61. The lowest BCUT2D eigenvalue weighted by Crippen LogP contribution is -2.43. The molecule has 19 heavy (non-hydrogen) atoms. The summed E-state index contributed by atoms with van der Waals surface area (Å²) in [4.78, 5) is 23.1. The van der Waals surface area contributed by atoms with Gasteiger partial charge in [-0.3, -0.25) is 9.59 Å². The molecule has 2 atom stereocenters. The summed E-state index contributed by atoms with van der Waals surface area (Å²) in [6.07, 6.45) is 6.66. The summed E-state index contributed by atoms with van der Waals surface area (Å²) in [5.41, 5.74) is 0. The first-order valence-electron chi connectivity index (χ1n) is 7.16. The molecule has 0 radical (unpaired) electrons. The van der Waals surface area contributed by atoms with Gasteiger partial charge >= 0.3 is 5.97 Å². The number of hydrogen-bond donors (Lipinski definition) is 2. The van der Waals surface area contributed by atoms with Crippen molar-refractivity contribution in [1.82, 2.24) is 5.32 Å². The highest BCUT2D eigenvalue weighted by atomic mass is 16.5. The average Bonchev–Trinajstić information content (AvgIpc) is 2.32. The molecule has 0 aromatic carbocycles. The Labute approximate surface area is 114 Å². The van der Waals surface area contributed by atoms with Crippen LogP contribution in [0.5, 0.6) is 0 Å². The third-order valence-corrected chi connectivity index (χ3v) is 3.68. The average molecular weight is 271 g/mol. The van der Waals surface area contributed by atoms with E-state index in [2.05, 4.69) is 5.32 Å². The van der Waals surface area contributed by atoms with Crippen molar-refractivity contribution in [2.45, 2.75) is 57.4 Å². The van der Waals surface area contributed by atoms with Gasteiger partial charge in [0.2, 0.25) is 5.91 Å². The number of nitrogens with one attached hydrogen (secondary N) is 1. The summed E-state index contributed by atoms with van der Waals surface area (Å²) >= 11 is 0. The lowest BCUT2D eigenvalue weighted by molar-refractivity contribution is -0.143. The van der Waals surface area contributed by atoms with E-state index in [0.717, 1.165) is 32.1 Å². The van der Waals surface area contributed by atoms with E-state index in [9.17, 15) is 14.7 Å². The summed E-state index contributed by atoms with van der Waals surface area (Å²) < 4.78 is 4.90. The van der Waals surface area contributed by atoms with Crippen molar-refractivity contribution in [3.8, 4) is 0 Å². The van der Waals surface area contributed by atoms with E-state index in [0.29, 0.717) is 25.9 Å². The molecule has 5 nitrogen and oxygen atoms in total. The van der Waals surface area contributed by atoms with Crippen molar-refractivity contribution < 1.29 is 19.4 Å². The minimum atomic E-state index is -0.788. The normalized spacial score (nSPS) is 24.3. The first kappa shape index (κ1) is 16.0. The van der Waals surface area contributed by atoms with Gasteiger partial charge in [-0.15, -0.1) is 0 Å². The van der Waals surface area contributed by atoms with Crippen LogP contribution in [0.2, 0.25) is 0 Å². The maximum Gasteiger partial charge on any atom is 0.308 e. The molecule has 0 aromatic rings. The van der Waals surface area contributed by atoms with E-state index in [-0.39, 0.29) is 11.9 Å². The predicted octanol–water partition coefficient (Wildman–Crippen LogP) is 1.95. The molecule has 0 saturated heterocycles. The van der Waals surface area contributed by atoms with Crippen LogP contribution in [0.4, 0.5) is 0 Å². The molecule has 1 rings (SSSR count). The fraction of sp³-hybridized carbons (Fsp3) is 0.857. The summed E-state index contributed by atoms with van der Waals surface area (Å²) in [6, 6.07) is -0.215. The van der Waals surface area contributed by atoms with Crippen molar-refractivity contribution in [2.75, 3.05) is 13.7 Å². The molecule has 0 spiro atoms. The van der Waals surface area contributed by atoms with E-state index < -0.39 is 11.9 Å². The smallest absolute Gasteiger partial charge is 0.308 e. The Morgan fingerprint density at radius 2 is 1.89 bits per heavy atom. The molecule has 0 aromatic heterocycles. The minimum absolute atomic E-state index is 0.0612. The second-order valence-corrected chi connectivity index (χ2v) is 5.21. The van der Waals surface area contributed by atoms with E-state index >= 15 is 0 Å². The van der Waals surface area contributed by atoms with Crippen LogP contribution < -0.4 is 5.32 Å². The molecule has 0 bridgehead atoms. The van der Waals surface area contributed by atoms with Gasteiger partial charge in [-0.2, -0.15) is 0 Å². The van der Waals surface area contributed by atoms with Crippen LogP contribution in [-0.4, -0.2) is 36.7 Å². The van der Waals surface area contributed by atoms with Crippen LogP contribution in [0.1, 0.15) is 51.4 Å².